The van der Waals surface area contributed by atoms with Crippen molar-refractivity contribution in [2.24, 2.45) is 0 Å². The third-order valence-corrected chi connectivity index (χ3v) is 7.53. The standard InChI is InChI=1S/C31H31FN6O3/c1-2-30(39)37-28-16-24-27(17-29(28)41-22-8-12-38(18-22)21-9-13-40-14-10-21)34-19-35-31(24)36-20-7-11-33-26(15-20)23-5-3-4-6-25(23)32/h2-7,11,15-17,19,21-22H,1,8-10,12-14,18H2,(H,37,39)(H,33,34,35,36). The molecule has 4 aromatic rings. The molecule has 1 amide bonds. The Hall–Kier alpha value is -4.41. The number of amides is 1. The summed E-state index contributed by atoms with van der Waals surface area (Å²) in [5.41, 5.74) is 2.73. The number of hydrogen-bond acceptors (Lipinski definition) is 8. The highest BCUT2D eigenvalue weighted by atomic mass is 19.1. The molecule has 0 radical (unpaired) electrons. The van der Waals surface area contributed by atoms with Gasteiger partial charge in [0.1, 0.15) is 29.8 Å². The van der Waals surface area contributed by atoms with Gasteiger partial charge in [0.2, 0.25) is 5.91 Å². The maximum absolute atomic E-state index is 14.4. The fourth-order valence-electron chi connectivity index (χ4n) is 5.44. The van der Waals surface area contributed by atoms with E-state index in [0.717, 1.165) is 45.6 Å². The molecule has 6 rings (SSSR count). The first-order valence-electron chi connectivity index (χ1n) is 13.8. The molecule has 2 saturated heterocycles. The second-order valence-electron chi connectivity index (χ2n) is 10.2. The Morgan fingerprint density at radius 3 is 2.78 bits per heavy atom. The minimum absolute atomic E-state index is 0.0114. The van der Waals surface area contributed by atoms with Crippen LogP contribution in [0.25, 0.3) is 22.2 Å². The van der Waals surface area contributed by atoms with Gasteiger partial charge in [-0.25, -0.2) is 14.4 Å². The zero-order chi connectivity index (χ0) is 28.2. The number of nitrogens with zero attached hydrogens (tertiary/aromatic N) is 4. The molecule has 1 atom stereocenters. The summed E-state index contributed by atoms with van der Waals surface area (Å²) in [5, 5.41) is 6.86. The molecule has 2 aromatic heterocycles. The number of carbonyl (C=O) groups is 1. The Bertz CT molecular complexity index is 1580. The van der Waals surface area contributed by atoms with Crippen LogP contribution in [0.4, 0.5) is 21.6 Å². The van der Waals surface area contributed by atoms with Gasteiger partial charge in [0.25, 0.3) is 0 Å². The van der Waals surface area contributed by atoms with Gasteiger partial charge in [-0.1, -0.05) is 18.7 Å². The lowest BCUT2D eigenvalue weighted by Crippen LogP contribution is -2.38. The number of hydrogen-bond donors (Lipinski definition) is 2. The summed E-state index contributed by atoms with van der Waals surface area (Å²) in [7, 11) is 0. The van der Waals surface area contributed by atoms with Crippen molar-refractivity contribution >= 4 is 34.0 Å². The first-order chi connectivity index (χ1) is 20.1. The van der Waals surface area contributed by atoms with E-state index in [1.807, 2.05) is 6.07 Å². The van der Waals surface area contributed by atoms with E-state index in [4.69, 9.17) is 9.47 Å². The Morgan fingerprint density at radius 1 is 1.10 bits per heavy atom. The number of benzene rings is 2. The number of fused-ring (bicyclic) bond motifs is 1. The van der Waals surface area contributed by atoms with E-state index in [-0.39, 0.29) is 17.8 Å². The first-order valence-corrected chi connectivity index (χ1v) is 13.8. The number of halogens is 1. The van der Waals surface area contributed by atoms with Gasteiger partial charge < -0.3 is 20.1 Å². The van der Waals surface area contributed by atoms with Crippen LogP contribution >= 0.6 is 0 Å². The minimum atomic E-state index is -0.349. The van der Waals surface area contributed by atoms with E-state index in [0.29, 0.717) is 51.1 Å². The summed E-state index contributed by atoms with van der Waals surface area (Å²) in [6, 6.07) is 14.2. The zero-order valence-corrected chi connectivity index (χ0v) is 22.6. The minimum Gasteiger partial charge on any atom is -0.487 e. The van der Waals surface area contributed by atoms with Crippen molar-refractivity contribution in [3.05, 3.63) is 79.5 Å². The molecule has 2 aromatic carbocycles. The number of ether oxygens (including phenoxy) is 2. The van der Waals surface area contributed by atoms with E-state index in [9.17, 15) is 9.18 Å². The van der Waals surface area contributed by atoms with Crippen LogP contribution in [-0.4, -0.2) is 64.2 Å². The Balaban J connectivity index is 1.28. The summed E-state index contributed by atoms with van der Waals surface area (Å²) in [5.74, 6) is 0.368. The van der Waals surface area contributed by atoms with Crippen LogP contribution in [0.2, 0.25) is 0 Å². The molecule has 41 heavy (non-hydrogen) atoms. The molecule has 2 fully saturated rings. The van der Waals surface area contributed by atoms with E-state index in [1.54, 1.807) is 42.6 Å². The number of rotatable bonds is 8. The van der Waals surface area contributed by atoms with Crippen molar-refractivity contribution in [3.63, 3.8) is 0 Å². The molecule has 0 bridgehead atoms. The van der Waals surface area contributed by atoms with E-state index in [2.05, 4.69) is 37.1 Å². The van der Waals surface area contributed by atoms with Crippen LogP contribution in [0, 0.1) is 5.82 Å². The fraction of sp³-hybridized carbons (Fsp3) is 0.290. The maximum atomic E-state index is 14.4. The van der Waals surface area contributed by atoms with Gasteiger partial charge in [-0.3, -0.25) is 14.7 Å². The molecule has 4 heterocycles. The summed E-state index contributed by atoms with van der Waals surface area (Å²) in [6.45, 7) is 6.98. The van der Waals surface area contributed by atoms with Crippen LogP contribution in [0.1, 0.15) is 19.3 Å². The van der Waals surface area contributed by atoms with Crippen molar-refractivity contribution in [3.8, 4) is 17.0 Å². The van der Waals surface area contributed by atoms with E-state index >= 15 is 0 Å². The summed E-state index contributed by atoms with van der Waals surface area (Å²) < 4.78 is 26.4. The summed E-state index contributed by atoms with van der Waals surface area (Å²) in [4.78, 5) is 28.1. The van der Waals surface area contributed by atoms with Gasteiger partial charge in [0.05, 0.1) is 16.9 Å². The highest BCUT2D eigenvalue weighted by molar-refractivity contribution is 6.03. The van der Waals surface area contributed by atoms with Crippen molar-refractivity contribution < 1.29 is 18.7 Å². The fourth-order valence-corrected chi connectivity index (χ4v) is 5.44. The van der Waals surface area contributed by atoms with Crippen LogP contribution in [0.15, 0.2) is 73.7 Å². The molecule has 9 nitrogen and oxygen atoms in total. The SMILES string of the molecule is C=CC(=O)Nc1cc2c(Nc3ccnc(-c4ccccc4F)c3)ncnc2cc1OC1CCN(C2CCOCC2)C1. The largest absolute Gasteiger partial charge is 0.487 e. The zero-order valence-electron chi connectivity index (χ0n) is 22.6. The lowest BCUT2D eigenvalue weighted by atomic mass is 10.1. The topological polar surface area (TPSA) is 102 Å². The molecule has 1 unspecified atom stereocenters. The van der Waals surface area contributed by atoms with Crippen molar-refractivity contribution in [1.82, 2.24) is 19.9 Å². The lowest BCUT2D eigenvalue weighted by Gasteiger charge is -2.30. The van der Waals surface area contributed by atoms with Gasteiger partial charge in [0, 0.05) is 61.2 Å². The van der Waals surface area contributed by atoms with Crippen molar-refractivity contribution in [2.75, 3.05) is 36.9 Å². The smallest absolute Gasteiger partial charge is 0.247 e. The second kappa shape index (κ2) is 12.0. The predicted molar refractivity (Wildman–Crippen MR) is 156 cm³/mol. The average Bonchev–Trinajstić information content (AvgIpc) is 3.47. The number of anilines is 3. The summed E-state index contributed by atoms with van der Waals surface area (Å²) in [6.07, 6.45) is 7.26. The molecule has 2 N–H and O–H groups in total. The number of likely N-dealkylation sites (tertiary alicyclic amines) is 1. The van der Waals surface area contributed by atoms with Gasteiger partial charge in [0.15, 0.2) is 0 Å². The number of aromatic nitrogens is 3. The molecule has 2 aliphatic heterocycles. The van der Waals surface area contributed by atoms with Crippen LogP contribution < -0.4 is 15.4 Å². The molecule has 2 aliphatic rings. The molecule has 10 heteroatoms. The monoisotopic (exact) mass is 554 g/mol. The predicted octanol–water partition coefficient (Wildman–Crippen LogP) is 5.33. The highest BCUT2D eigenvalue weighted by Crippen LogP contribution is 2.35. The molecule has 210 valence electrons. The van der Waals surface area contributed by atoms with Gasteiger partial charge in [-0.15, -0.1) is 0 Å². The van der Waals surface area contributed by atoms with Crippen LogP contribution in [-0.2, 0) is 9.53 Å². The Morgan fingerprint density at radius 2 is 1.95 bits per heavy atom. The molecule has 0 saturated carbocycles. The van der Waals surface area contributed by atoms with Crippen LogP contribution in [0.5, 0.6) is 5.75 Å². The van der Waals surface area contributed by atoms with Crippen molar-refractivity contribution in [2.45, 2.75) is 31.4 Å². The highest BCUT2D eigenvalue weighted by Gasteiger charge is 2.31. The Labute approximate surface area is 237 Å². The first kappa shape index (κ1) is 26.8. The van der Waals surface area contributed by atoms with Gasteiger partial charge >= 0.3 is 0 Å². The quantitative estimate of drug-likeness (QED) is 0.282. The number of pyridine rings is 1. The number of carbonyl (C=O) groups excluding carboxylic acids is 1. The summed E-state index contributed by atoms with van der Waals surface area (Å²) >= 11 is 0. The van der Waals surface area contributed by atoms with Crippen molar-refractivity contribution in [1.29, 1.82) is 0 Å². The normalized spacial score (nSPS) is 17.8. The Kier molecular flexibility index (Phi) is 7.84. The lowest BCUT2D eigenvalue weighted by molar-refractivity contribution is -0.111. The van der Waals surface area contributed by atoms with E-state index in [1.165, 1.54) is 18.5 Å². The molecular formula is C31H31FN6O3. The number of nitrogens with one attached hydrogen (secondary N) is 2. The molecule has 0 aliphatic carbocycles. The van der Waals surface area contributed by atoms with E-state index < -0.39 is 0 Å². The van der Waals surface area contributed by atoms with Gasteiger partial charge in [-0.05, 0) is 55.7 Å². The van der Waals surface area contributed by atoms with Crippen LogP contribution in [0.3, 0.4) is 0 Å². The molecular weight excluding hydrogens is 523 g/mol. The average molecular weight is 555 g/mol. The maximum Gasteiger partial charge on any atom is 0.247 e. The molecule has 0 spiro atoms. The third-order valence-electron chi connectivity index (χ3n) is 7.53. The second-order valence-corrected chi connectivity index (χ2v) is 10.2. The third kappa shape index (κ3) is 6.03. The van der Waals surface area contributed by atoms with Gasteiger partial charge in [-0.2, -0.15) is 0 Å².